The van der Waals surface area contributed by atoms with Crippen molar-refractivity contribution in [3.8, 4) is 17.1 Å². The van der Waals surface area contributed by atoms with Crippen molar-refractivity contribution >= 4 is 37.5 Å². The van der Waals surface area contributed by atoms with Crippen LogP contribution in [0.2, 0.25) is 0 Å². The highest BCUT2D eigenvalue weighted by atomic mass is 79.9. The lowest BCUT2D eigenvalue weighted by Gasteiger charge is -2.08. The second-order valence-electron chi connectivity index (χ2n) is 4.25. The Kier molecular flexibility index (Phi) is 3.73. The third kappa shape index (κ3) is 2.68. The minimum absolute atomic E-state index is 0.342. The molecule has 0 aliphatic carbocycles. The fourth-order valence-electron chi connectivity index (χ4n) is 1.88. The first-order chi connectivity index (χ1) is 10.1. The van der Waals surface area contributed by atoms with Gasteiger partial charge >= 0.3 is 0 Å². The summed E-state index contributed by atoms with van der Waals surface area (Å²) < 4.78 is 16.1. The standard InChI is InChI=1S/C13H8Br2FN5/c14-10-3-2-8(17)6-9(10)13-18-19-20-21(13)12-4-1-7(16)5-11(12)15/h1-6H,17H2. The lowest BCUT2D eigenvalue weighted by atomic mass is 10.2. The Labute approximate surface area is 136 Å². The molecule has 0 aliphatic heterocycles. The van der Waals surface area contributed by atoms with Crippen molar-refractivity contribution in [2.24, 2.45) is 0 Å². The van der Waals surface area contributed by atoms with Crippen LogP contribution in [0, 0.1) is 5.82 Å². The molecule has 0 atom stereocenters. The summed E-state index contributed by atoms with van der Waals surface area (Å²) in [7, 11) is 0. The van der Waals surface area contributed by atoms with Crippen LogP contribution in [0.15, 0.2) is 45.3 Å². The number of rotatable bonds is 2. The molecule has 0 saturated heterocycles. The average molecular weight is 413 g/mol. The first kappa shape index (κ1) is 14.2. The van der Waals surface area contributed by atoms with Gasteiger partial charge in [0.25, 0.3) is 0 Å². The van der Waals surface area contributed by atoms with E-state index >= 15 is 0 Å². The van der Waals surface area contributed by atoms with Crippen LogP contribution in [0.3, 0.4) is 0 Å². The monoisotopic (exact) mass is 411 g/mol. The summed E-state index contributed by atoms with van der Waals surface area (Å²) in [6.07, 6.45) is 0. The minimum Gasteiger partial charge on any atom is -0.399 e. The first-order valence-electron chi connectivity index (χ1n) is 5.85. The van der Waals surface area contributed by atoms with Crippen molar-refractivity contribution in [2.45, 2.75) is 0 Å². The van der Waals surface area contributed by atoms with Crippen molar-refractivity contribution in [3.05, 3.63) is 51.2 Å². The molecular formula is C13H8Br2FN5. The molecule has 3 rings (SSSR count). The van der Waals surface area contributed by atoms with Crippen LogP contribution >= 0.6 is 31.9 Å². The second-order valence-corrected chi connectivity index (χ2v) is 5.96. The lowest BCUT2D eigenvalue weighted by Crippen LogP contribution is -2.02. The molecular weight excluding hydrogens is 405 g/mol. The van der Waals surface area contributed by atoms with Crippen LogP contribution < -0.4 is 5.73 Å². The first-order valence-corrected chi connectivity index (χ1v) is 7.44. The van der Waals surface area contributed by atoms with Crippen LogP contribution in [0.4, 0.5) is 10.1 Å². The maximum atomic E-state index is 13.2. The van der Waals surface area contributed by atoms with Gasteiger partial charge in [-0.1, -0.05) is 15.9 Å². The molecule has 2 N–H and O–H groups in total. The van der Waals surface area contributed by atoms with Gasteiger partial charge in [0.05, 0.1) is 5.69 Å². The SMILES string of the molecule is Nc1ccc(Br)c(-c2nnnn2-c2ccc(F)cc2Br)c1. The van der Waals surface area contributed by atoms with Crippen LogP contribution in [-0.4, -0.2) is 20.2 Å². The van der Waals surface area contributed by atoms with Crippen molar-refractivity contribution in [2.75, 3.05) is 5.73 Å². The molecule has 0 spiro atoms. The van der Waals surface area contributed by atoms with Crippen LogP contribution in [0.1, 0.15) is 0 Å². The van der Waals surface area contributed by atoms with E-state index in [-0.39, 0.29) is 5.82 Å². The zero-order valence-corrected chi connectivity index (χ0v) is 13.6. The van der Waals surface area contributed by atoms with Gasteiger partial charge in [-0.15, -0.1) is 5.10 Å². The molecule has 0 amide bonds. The number of halogens is 3. The molecule has 0 unspecified atom stereocenters. The Bertz CT molecular complexity index is 818. The van der Waals surface area contributed by atoms with Gasteiger partial charge in [0.1, 0.15) is 5.82 Å². The molecule has 1 heterocycles. The number of hydrogen-bond acceptors (Lipinski definition) is 4. The minimum atomic E-state index is -0.342. The van der Waals surface area contributed by atoms with E-state index in [1.807, 2.05) is 6.07 Å². The summed E-state index contributed by atoms with van der Waals surface area (Å²) in [5.74, 6) is 0.159. The van der Waals surface area contributed by atoms with Gasteiger partial charge in [0, 0.05) is 20.2 Å². The van der Waals surface area contributed by atoms with Crippen molar-refractivity contribution < 1.29 is 4.39 Å². The van der Waals surface area contributed by atoms with Gasteiger partial charge in [-0.3, -0.25) is 0 Å². The summed E-state index contributed by atoms with van der Waals surface area (Å²) in [4.78, 5) is 0. The van der Waals surface area contributed by atoms with E-state index < -0.39 is 0 Å². The van der Waals surface area contributed by atoms with Crippen LogP contribution in [0.25, 0.3) is 17.1 Å². The lowest BCUT2D eigenvalue weighted by molar-refractivity contribution is 0.625. The third-order valence-electron chi connectivity index (χ3n) is 2.84. The zero-order chi connectivity index (χ0) is 15.0. The molecule has 2 aromatic carbocycles. The predicted octanol–water partition coefficient (Wildman–Crippen LogP) is 3.58. The maximum Gasteiger partial charge on any atom is 0.188 e. The molecule has 8 heteroatoms. The largest absolute Gasteiger partial charge is 0.399 e. The Hall–Kier alpha value is -1.80. The quantitative estimate of drug-likeness (QED) is 0.653. The molecule has 0 aliphatic rings. The highest BCUT2D eigenvalue weighted by molar-refractivity contribution is 9.11. The molecule has 5 nitrogen and oxygen atoms in total. The number of anilines is 1. The maximum absolute atomic E-state index is 13.2. The van der Waals surface area contributed by atoms with Gasteiger partial charge in [-0.2, -0.15) is 4.68 Å². The number of aromatic nitrogens is 4. The number of hydrogen-bond donors (Lipinski definition) is 1. The number of nitrogens with two attached hydrogens (primary N) is 1. The smallest absolute Gasteiger partial charge is 0.188 e. The molecule has 0 bridgehead atoms. The fourth-order valence-corrected chi connectivity index (χ4v) is 2.83. The number of nitrogen functional groups attached to an aromatic ring is 1. The summed E-state index contributed by atoms with van der Waals surface area (Å²) in [5, 5.41) is 11.7. The number of benzene rings is 2. The van der Waals surface area contributed by atoms with Gasteiger partial charge in [0.2, 0.25) is 0 Å². The third-order valence-corrected chi connectivity index (χ3v) is 4.17. The Morgan fingerprint density at radius 2 is 1.86 bits per heavy atom. The van der Waals surface area contributed by atoms with Gasteiger partial charge < -0.3 is 5.73 Å². The van der Waals surface area contributed by atoms with E-state index in [0.29, 0.717) is 21.7 Å². The molecule has 106 valence electrons. The average Bonchev–Trinajstić information content (AvgIpc) is 2.90. The van der Waals surface area contributed by atoms with E-state index in [1.54, 1.807) is 18.2 Å². The molecule has 0 radical (unpaired) electrons. The Balaban J connectivity index is 2.19. The van der Waals surface area contributed by atoms with Gasteiger partial charge in [0.15, 0.2) is 5.82 Å². The van der Waals surface area contributed by atoms with Crippen molar-refractivity contribution in [1.29, 1.82) is 0 Å². The van der Waals surface area contributed by atoms with Crippen molar-refractivity contribution in [1.82, 2.24) is 20.2 Å². The van der Waals surface area contributed by atoms with Gasteiger partial charge in [-0.25, -0.2) is 4.39 Å². The molecule has 1 aromatic heterocycles. The molecule has 3 aromatic rings. The Morgan fingerprint density at radius 1 is 1.05 bits per heavy atom. The summed E-state index contributed by atoms with van der Waals surface area (Å²) in [6, 6.07) is 9.66. The predicted molar refractivity (Wildman–Crippen MR) is 84.4 cm³/mol. The molecule has 21 heavy (non-hydrogen) atoms. The van der Waals surface area contributed by atoms with E-state index in [4.69, 9.17) is 5.73 Å². The van der Waals surface area contributed by atoms with Crippen LogP contribution in [0.5, 0.6) is 0 Å². The molecule has 0 saturated carbocycles. The summed E-state index contributed by atoms with van der Waals surface area (Å²) in [6.45, 7) is 0. The zero-order valence-electron chi connectivity index (χ0n) is 10.5. The van der Waals surface area contributed by atoms with E-state index in [2.05, 4.69) is 47.4 Å². The van der Waals surface area contributed by atoms with E-state index in [1.165, 1.54) is 16.8 Å². The highest BCUT2D eigenvalue weighted by Crippen LogP contribution is 2.31. The fraction of sp³-hybridized carbons (Fsp3) is 0. The summed E-state index contributed by atoms with van der Waals surface area (Å²) in [5.41, 5.74) is 7.79. The normalized spacial score (nSPS) is 10.8. The molecule has 0 fully saturated rings. The topological polar surface area (TPSA) is 69.6 Å². The van der Waals surface area contributed by atoms with Crippen LogP contribution in [-0.2, 0) is 0 Å². The Morgan fingerprint density at radius 3 is 2.62 bits per heavy atom. The number of nitrogens with zero attached hydrogens (tertiary/aromatic N) is 4. The van der Waals surface area contributed by atoms with E-state index in [9.17, 15) is 4.39 Å². The number of tetrazole rings is 1. The van der Waals surface area contributed by atoms with Crippen molar-refractivity contribution in [3.63, 3.8) is 0 Å². The van der Waals surface area contributed by atoms with E-state index in [0.717, 1.165) is 10.0 Å². The second kappa shape index (κ2) is 5.53. The highest BCUT2D eigenvalue weighted by Gasteiger charge is 2.16. The summed E-state index contributed by atoms with van der Waals surface area (Å²) >= 11 is 6.77. The van der Waals surface area contributed by atoms with Gasteiger partial charge in [-0.05, 0) is 62.8 Å².